The Labute approximate surface area is 92.7 Å². The van der Waals surface area contributed by atoms with Gasteiger partial charge in [0.1, 0.15) is 4.60 Å². The molecule has 0 radical (unpaired) electrons. The second kappa shape index (κ2) is 3.77. The number of aromatic carboxylic acids is 1. The van der Waals surface area contributed by atoms with Crippen molar-refractivity contribution in [3.63, 3.8) is 0 Å². The van der Waals surface area contributed by atoms with Crippen molar-refractivity contribution in [3.8, 4) is 5.95 Å². The molecule has 0 unspecified atom stereocenters. The van der Waals surface area contributed by atoms with Crippen molar-refractivity contribution in [1.29, 1.82) is 0 Å². The lowest BCUT2D eigenvalue weighted by atomic mass is 10.4. The molecule has 2 aromatic rings. The molecule has 2 heterocycles. The number of hydrogen-bond acceptors (Lipinski definition) is 4. The van der Waals surface area contributed by atoms with Crippen LogP contribution in [0.1, 0.15) is 10.5 Å². The number of hydrogen-bond donors (Lipinski definition) is 1. The van der Waals surface area contributed by atoms with Crippen LogP contribution < -0.4 is 0 Å². The van der Waals surface area contributed by atoms with Crippen LogP contribution in [0.3, 0.4) is 0 Å². The largest absolute Gasteiger partial charge is 0.477 e. The summed E-state index contributed by atoms with van der Waals surface area (Å²) in [5.41, 5.74) is 0.00748. The Bertz CT molecular complexity index is 497. The quantitative estimate of drug-likeness (QED) is 0.883. The Morgan fingerprint density at radius 1 is 1.40 bits per heavy atom. The van der Waals surface area contributed by atoms with Gasteiger partial charge in [0.05, 0.1) is 0 Å². The van der Waals surface area contributed by atoms with Crippen molar-refractivity contribution in [2.24, 2.45) is 0 Å². The second-order valence-corrected chi connectivity index (χ2v) is 3.43. The number of carbonyl (C=O) groups is 1. The minimum Gasteiger partial charge on any atom is -0.477 e. The highest BCUT2D eigenvalue weighted by Gasteiger charge is 2.15. The monoisotopic (exact) mass is 268 g/mol. The van der Waals surface area contributed by atoms with Crippen molar-refractivity contribution in [1.82, 2.24) is 19.7 Å². The first-order valence-corrected chi connectivity index (χ1v) is 4.74. The molecule has 76 valence electrons. The fourth-order valence-electron chi connectivity index (χ4n) is 1.06. The minimum atomic E-state index is -1.08. The SMILES string of the molecule is O=C(O)c1cc(Br)nn1-c1ncccn1. The zero-order valence-corrected chi connectivity index (χ0v) is 8.92. The van der Waals surface area contributed by atoms with Gasteiger partial charge >= 0.3 is 5.97 Å². The molecule has 0 aromatic carbocycles. The van der Waals surface area contributed by atoms with Gasteiger partial charge in [-0.1, -0.05) is 0 Å². The molecule has 0 bridgehead atoms. The van der Waals surface area contributed by atoms with Gasteiger partial charge in [-0.05, 0) is 22.0 Å². The Hall–Kier alpha value is -1.76. The van der Waals surface area contributed by atoms with Gasteiger partial charge in [0.2, 0.25) is 0 Å². The summed E-state index contributed by atoms with van der Waals surface area (Å²) in [7, 11) is 0. The third kappa shape index (κ3) is 1.86. The van der Waals surface area contributed by atoms with Crippen LogP contribution in [0.2, 0.25) is 0 Å². The van der Waals surface area contributed by atoms with Gasteiger partial charge in [0.15, 0.2) is 5.69 Å². The predicted octanol–water partition coefficient (Wildman–Crippen LogP) is 1.12. The molecule has 7 heteroatoms. The lowest BCUT2D eigenvalue weighted by Gasteiger charge is -2.00. The fraction of sp³-hybridized carbons (Fsp3) is 0. The molecule has 0 saturated carbocycles. The highest BCUT2D eigenvalue weighted by Crippen LogP contribution is 2.13. The van der Waals surface area contributed by atoms with Crippen LogP contribution in [-0.4, -0.2) is 30.8 Å². The van der Waals surface area contributed by atoms with Crippen molar-refractivity contribution < 1.29 is 9.90 Å². The molecule has 2 rings (SSSR count). The van der Waals surface area contributed by atoms with Crippen LogP contribution in [0.5, 0.6) is 0 Å². The van der Waals surface area contributed by atoms with Crippen LogP contribution in [0.25, 0.3) is 5.95 Å². The van der Waals surface area contributed by atoms with Crippen molar-refractivity contribution in [2.45, 2.75) is 0 Å². The van der Waals surface area contributed by atoms with Crippen LogP contribution >= 0.6 is 15.9 Å². The third-order valence-corrected chi connectivity index (χ3v) is 2.03. The van der Waals surface area contributed by atoms with E-state index in [1.807, 2.05) is 0 Å². The van der Waals surface area contributed by atoms with E-state index in [-0.39, 0.29) is 11.6 Å². The molecule has 0 aliphatic carbocycles. The number of carboxylic acids is 1. The van der Waals surface area contributed by atoms with E-state index in [1.54, 1.807) is 6.07 Å². The lowest BCUT2D eigenvalue weighted by molar-refractivity contribution is 0.0686. The summed E-state index contributed by atoms with van der Waals surface area (Å²) in [6, 6.07) is 3.03. The normalized spacial score (nSPS) is 10.2. The molecule has 6 nitrogen and oxygen atoms in total. The average molecular weight is 269 g/mol. The Morgan fingerprint density at radius 3 is 2.67 bits per heavy atom. The molecule has 0 atom stereocenters. The highest BCUT2D eigenvalue weighted by atomic mass is 79.9. The third-order valence-electron chi connectivity index (χ3n) is 1.64. The van der Waals surface area contributed by atoms with Crippen LogP contribution in [0.15, 0.2) is 29.1 Å². The fourth-order valence-corrected chi connectivity index (χ4v) is 1.43. The summed E-state index contributed by atoms with van der Waals surface area (Å²) in [5.74, 6) is -0.860. The number of halogens is 1. The first-order chi connectivity index (χ1) is 7.18. The van der Waals surface area contributed by atoms with E-state index in [4.69, 9.17) is 5.11 Å². The van der Waals surface area contributed by atoms with E-state index in [1.165, 1.54) is 18.5 Å². The molecular formula is C8H5BrN4O2. The smallest absolute Gasteiger partial charge is 0.354 e. The van der Waals surface area contributed by atoms with E-state index in [2.05, 4.69) is 31.0 Å². The van der Waals surface area contributed by atoms with E-state index < -0.39 is 5.97 Å². The first-order valence-electron chi connectivity index (χ1n) is 3.95. The summed E-state index contributed by atoms with van der Waals surface area (Å²) in [5, 5.41) is 12.8. The topological polar surface area (TPSA) is 80.9 Å². The molecule has 0 amide bonds. The van der Waals surface area contributed by atoms with Gasteiger partial charge < -0.3 is 5.11 Å². The molecule has 0 fully saturated rings. The Morgan fingerprint density at radius 2 is 2.07 bits per heavy atom. The summed E-state index contributed by atoms with van der Waals surface area (Å²) in [6.07, 6.45) is 3.03. The Balaban J connectivity index is 2.58. The predicted molar refractivity (Wildman–Crippen MR) is 53.8 cm³/mol. The van der Waals surface area contributed by atoms with Gasteiger partial charge in [-0.2, -0.15) is 9.78 Å². The zero-order valence-electron chi connectivity index (χ0n) is 7.33. The zero-order chi connectivity index (χ0) is 10.8. The number of aromatic nitrogens is 4. The maximum Gasteiger partial charge on any atom is 0.354 e. The van der Waals surface area contributed by atoms with Gasteiger partial charge in [0.25, 0.3) is 5.95 Å². The van der Waals surface area contributed by atoms with E-state index >= 15 is 0 Å². The lowest BCUT2D eigenvalue weighted by Crippen LogP contribution is -2.10. The Kier molecular flexibility index (Phi) is 2.46. The average Bonchev–Trinajstić information content (AvgIpc) is 2.62. The maximum absolute atomic E-state index is 10.9. The van der Waals surface area contributed by atoms with Gasteiger partial charge in [-0.3, -0.25) is 0 Å². The second-order valence-electron chi connectivity index (χ2n) is 2.62. The molecular weight excluding hydrogens is 264 g/mol. The summed E-state index contributed by atoms with van der Waals surface area (Å²) in [6.45, 7) is 0. The van der Waals surface area contributed by atoms with Crippen molar-refractivity contribution in [3.05, 3.63) is 34.8 Å². The van der Waals surface area contributed by atoms with E-state index in [0.717, 1.165) is 4.68 Å². The van der Waals surface area contributed by atoms with Crippen LogP contribution in [0.4, 0.5) is 0 Å². The molecule has 2 aromatic heterocycles. The van der Waals surface area contributed by atoms with E-state index in [0.29, 0.717) is 4.60 Å². The van der Waals surface area contributed by atoms with Crippen LogP contribution in [-0.2, 0) is 0 Å². The number of carboxylic acid groups (broad SMARTS) is 1. The van der Waals surface area contributed by atoms with Crippen molar-refractivity contribution >= 4 is 21.9 Å². The molecule has 0 spiro atoms. The number of nitrogens with zero attached hydrogens (tertiary/aromatic N) is 4. The molecule has 0 aliphatic heterocycles. The standard InChI is InChI=1S/C8H5BrN4O2/c9-6-4-5(7(14)15)13(12-6)8-10-2-1-3-11-8/h1-4H,(H,14,15). The van der Waals surface area contributed by atoms with Gasteiger partial charge in [-0.15, -0.1) is 0 Å². The number of rotatable bonds is 2. The molecule has 0 saturated heterocycles. The van der Waals surface area contributed by atoms with Crippen molar-refractivity contribution in [2.75, 3.05) is 0 Å². The summed E-state index contributed by atoms with van der Waals surface area (Å²) >= 11 is 3.10. The van der Waals surface area contributed by atoms with Gasteiger partial charge in [0, 0.05) is 18.5 Å². The molecule has 1 N–H and O–H groups in total. The van der Waals surface area contributed by atoms with E-state index in [9.17, 15) is 4.79 Å². The van der Waals surface area contributed by atoms with Crippen LogP contribution in [0, 0.1) is 0 Å². The van der Waals surface area contributed by atoms with Gasteiger partial charge in [-0.25, -0.2) is 14.8 Å². The first kappa shape index (κ1) is 9.78. The molecule has 15 heavy (non-hydrogen) atoms. The molecule has 0 aliphatic rings. The minimum absolute atomic E-state index is 0.00748. The maximum atomic E-state index is 10.9. The summed E-state index contributed by atoms with van der Waals surface area (Å²) < 4.78 is 1.58. The highest BCUT2D eigenvalue weighted by molar-refractivity contribution is 9.10. The summed E-state index contributed by atoms with van der Waals surface area (Å²) in [4.78, 5) is 18.7.